The van der Waals surface area contributed by atoms with Crippen molar-refractivity contribution in [3.05, 3.63) is 76.9 Å². The van der Waals surface area contributed by atoms with Gasteiger partial charge >= 0.3 is 11.9 Å². The summed E-state index contributed by atoms with van der Waals surface area (Å²) in [7, 11) is 0. The Bertz CT molecular complexity index is 1040. The molecule has 2 aliphatic rings. The molecule has 0 bridgehead atoms. The Labute approximate surface area is 213 Å². The topological polar surface area (TPSA) is 76.1 Å². The molecule has 1 aliphatic carbocycles. The predicted molar refractivity (Wildman–Crippen MR) is 139 cm³/mol. The molecule has 1 fully saturated rings. The Balaban J connectivity index is 1.27. The first kappa shape index (κ1) is 26.0. The van der Waals surface area contributed by atoms with E-state index in [1.54, 1.807) is 0 Å². The van der Waals surface area contributed by atoms with Gasteiger partial charge in [-0.25, -0.2) is 9.59 Å². The quantitative estimate of drug-likeness (QED) is 0.344. The van der Waals surface area contributed by atoms with Gasteiger partial charge < -0.3 is 14.6 Å². The van der Waals surface area contributed by atoms with E-state index in [-0.39, 0.29) is 18.2 Å². The highest BCUT2D eigenvalue weighted by atomic mass is 16.5. The molecular weight excluding hydrogens is 454 g/mol. The van der Waals surface area contributed by atoms with Crippen molar-refractivity contribution in [2.75, 3.05) is 26.3 Å². The molecule has 2 aromatic rings. The van der Waals surface area contributed by atoms with Gasteiger partial charge in [0, 0.05) is 18.0 Å². The first-order valence-corrected chi connectivity index (χ1v) is 13.3. The molecule has 1 aliphatic heterocycles. The van der Waals surface area contributed by atoms with Gasteiger partial charge in [0.15, 0.2) is 0 Å². The number of nitrogens with zero attached hydrogens (tertiary/aromatic N) is 1. The third-order valence-corrected chi connectivity index (χ3v) is 7.15. The molecule has 1 unspecified atom stereocenters. The van der Waals surface area contributed by atoms with Crippen molar-refractivity contribution in [1.82, 2.24) is 4.90 Å². The summed E-state index contributed by atoms with van der Waals surface area (Å²) in [4.78, 5) is 27.2. The lowest BCUT2D eigenvalue weighted by molar-refractivity contribution is -0.141. The van der Waals surface area contributed by atoms with Crippen molar-refractivity contribution >= 4 is 11.9 Å². The second kappa shape index (κ2) is 13.3. The van der Waals surface area contributed by atoms with Crippen molar-refractivity contribution in [3.63, 3.8) is 0 Å². The van der Waals surface area contributed by atoms with Crippen LogP contribution in [0.3, 0.4) is 0 Å². The number of piperidine rings is 1. The minimum atomic E-state index is -0.993. The SMILES string of the molecule is O=C(O)C1=C(C(=O)OCCCOc2ccccc2CCc2ccccc2)CCCC1N1CCCCC1. The van der Waals surface area contributed by atoms with Gasteiger partial charge in [0.2, 0.25) is 0 Å². The van der Waals surface area contributed by atoms with Gasteiger partial charge in [0.1, 0.15) is 5.75 Å². The molecule has 1 heterocycles. The highest BCUT2D eigenvalue weighted by Gasteiger charge is 2.35. The highest BCUT2D eigenvalue weighted by Crippen LogP contribution is 2.31. The maximum atomic E-state index is 12.8. The molecule has 1 saturated heterocycles. The maximum absolute atomic E-state index is 12.8. The van der Waals surface area contributed by atoms with Crippen molar-refractivity contribution < 1.29 is 24.2 Å². The van der Waals surface area contributed by atoms with Crippen molar-refractivity contribution in [2.24, 2.45) is 0 Å². The first-order valence-electron chi connectivity index (χ1n) is 13.3. The lowest BCUT2D eigenvalue weighted by atomic mass is 9.85. The zero-order valence-corrected chi connectivity index (χ0v) is 21.0. The van der Waals surface area contributed by atoms with E-state index in [0.717, 1.165) is 62.9 Å². The molecule has 1 N–H and O–H groups in total. The average Bonchev–Trinajstić information content (AvgIpc) is 2.92. The van der Waals surface area contributed by atoms with Gasteiger partial charge in [-0.1, -0.05) is 55.0 Å². The molecular formula is C30H37NO5. The van der Waals surface area contributed by atoms with Crippen LogP contribution in [0.25, 0.3) is 0 Å². The summed E-state index contributed by atoms with van der Waals surface area (Å²) < 4.78 is 11.5. The van der Waals surface area contributed by atoms with Gasteiger partial charge in [-0.3, -0.25) is 4.90 Å². The van der Waals surface area contributed by atoms with Crippen LogP contribution >= 0.6 is 0 Å². The molecule has 2 aromatic carbocycles. The van der Waals surface area contributed by atoms with Crippen LogP contribution in [0.5, 0.6) is 5.75 Å². The number of hydrogen-bond acceptors (Lipinski definition) is 5. The van der Waals surface area contributed by atoms with Gasteiger partial charge in [-0.2, -0.15) is 0 Å². The largest absolute Gasteiger partial charge is 0.493 e. The lowest BCUT2D eigenvalue weighted by Crippen LogP contribution is -2.44. The second-order valence-corrected chi connectivity index (χ2v) is 9.63. The van der Waals surface area contributed by atoms with Crippen LogP contribution in [0.2, 0.25) is 0 Å². The summed E-state index contributed by atoms with van der Waals surface area (Å²) in [6.07, 6.45) is 7.79. The number of carbonyl (C=O) groups excluding carboxylic acids is 1. The van der Waals surface area contributed by atoms with E-state index in [9.17, 15) is 14.7 Å². The molecule has 4 rings (SSSR count). The number of carboxylic acids is 1. The number of carboxylic acid groups (broad SMARTS) is 1. The molecule has 0 amide bonds. The van der Waals surface area contributed by atoms with Gasteiger partial charge in [-0.05, 0) is 75.2 Å². The second-order valence-electron chi connectivity index (χ2n) is 9.63. The van der Waals surface area contributed by atoms with Crippen LogP contribution in [0.1, 0.15) is 56.1 Å². The minimum absolute atomic E-state index is 0.185. The number of carbonyl (C=O) groups is 2. The Hall–Kier alpha value is -3.12. The number of ether oxygens (including phenoxy) is 2. The lowest BCUT2D eigenvalue weighted by Gasteiger charge is -2.37. The van der Waals surface area contributed by atoms with Crippen LogP contribution in [0.15, 0.2) is 65.7 Å². The number of esters is 1. The fourth-order valence-electron chi connectivity index (χ4n) is 5.30. The Kier molecular flexibility index (Phi) is 9.56. The number of para-hydroxylation sites is 1. The highest BCUT2D eigenvalue weighted by molar-refractivity contribution is 6.00. The number of likely N-dealkylation sites (tertiary alicyclic amines) is 1. The number of aryl methyl sites for hydroxylation is 2. The smallest absolute Gasteiger partial charge is 0.334 e. The van der Waals surface area contributed by atoms with E-state index in [1.807, 2.05) is 24.3 Å². The van der Waals surface area contributed by atoms with E-state index in [2.05, 4.69) is 35.2 Å². The Morgan fingerprint density at radius 2 is 1.64 bits per heavy atom. The summed E-state index contributed by atoms with van der Waals surface area (Å²) in [5.41, 5.74) is 3.04. The third-order valence-electron chi connectivity index (χ3n) is 7.15. The fraction of sp³-hybridized carbons (Fsp3) is 0.467. The molecule has 0 radical (unpaired) electrons. The Morgan fingerprint density at radius 3 is 2.42 bits per heavy atom. The zero-order valence-electron chi connectivity index (χ0n) is 21.0. The van der Waals surface area contributed by atoms with Crippen LogP contribution in [-0.4, -0.2) is 54.3 Å². The molecule has 6 nitrogen and oxygen atoms in total. The molecule has 0 saturated carbocycles. The van der Waals surface area contributed by atoms with E-state index >= 15 is 0 Å². The number of aliphatic carboxylic acids is 1. The van der Waals surface area contributed by atoms with Crippen molar-refractivity contribution in [1.29, 1.82) is 0 Å². The normalized spacial score (nSPS) is 18.6. The summed E-state index contributed by atoms with van der Waals surface area (Å²) in [5, 5.41) is 9.92. The molecule has 36 heavy (non-hydrogen) atoms. The van der Waals surface area contributed by atoms with Crippen LogP contribution in [0, 0.1) is 0 Å². The first-order chi connectivity index (χ1) is 17.6. The van der Waals surface area contributed by atoms with Crippen LogP contribution in [-0.2, 0) is 27.2 Å². The van der Waals surface area contributed by atoms with E-state index in [1.165, 1.54) is 12.0 Å². The fourth-order valence-corrected chi connectivity index (χ4v) is 5.30. The van der Waals surface area contributed by atoms with Crippen LogP contribution in [0.4, 0.5) is 0 Å². The average molecular weight is 492 g/mol. The van der Waals surface area contributed by atoms with Crippen molar-refractivity contribution in [2.45, 2.75) is 63.8 Å². The van der Waals surface area contributed by atoms with Gasteiger partial charge in [0.05, 0.1) is 18.8 Å². The maximum Gasteiger partial charge on any atom is 0.334 e. The van der Waals surface area contributed by atoms with Gasteiger partial charge in [0.25, 0.3) is 0 Å². The minimum Gasteiger partial charge on any atom is -0.493 e. The van der Waals surface area contributed by atoms with E-state index in [0.29, 0.717) is 25.0 Å². The molecule has 1 atom stereocenters. The monoisotopic (exact) mass is 491 g/mol. The van der Waals surface area contributed by atoms with Crippen molar-refractivity contribution in [3.8, 4) is 5.75 Å². The zero-order chi connectivity index (χ0) is 25.2. The number of rotatable bonds is 11. The molecule has 0 spiro atoms. The number of benzene rings is 2. The molecule has 192 valence electrons. The summed E-state index contributed by atoms with van der Waals surface area (Å²) in [6, 6.07) is 18.2. The standard InChI is InChI=1S/C30H37NO5/c32-29(33)28-25(14-9-15-26(28)31-19-7-2-8-20-31)30(34)36-22-10-21-35-27-16-6-5-13-24(27)18-17-23-11-3-1-4-12-23/h1,3-6,11-13,16,26H,2,7-10,14-15,17-22H2,(H,32,33). The molecule has 6 heteroatoms. The summed E-state index contributed by atoms with van der Waals surface area (Å²) in [6.45, 7) is 2.43. The summed E-state index contributed by atoms with van der Waals surface area (Å²) in [5.74, 6) is -0.627. The van der Waals surface area contributed by atoms with E-state index < -0.39 is 11.9 Å². The van der Waals surface area contributed by atoms with E-state index in [4.69, 9.17) is 9.47 Å². The van der Waals surface area contributed by atoms with Gasteiger partial charge in [-0.15, -0.1) is 0 Å². The molecule has 0 aromatic heterocycles. The Morgan fingerprint density at radius 1 is 0.889 bits per heavy atom. The third kappa shape index (κ3) is 6.97. The number of hydrogen-bond donors (Lipinski definition) is 1. The summed E-state index contributed by atoms with van der Waals surface area (Å²) >= 11 is 0. The predicted octanol–water partition coefficient (Wildman–Crippen LogP) is 5.20. The van der Waals surface area contributed by atoms with Crippen LogP contribution < -0.4 is 4.74 Å².